The molecule has 2 saturated carbocycles. The number of rotatable bonds is 0. The molecular formula is C18H22F2O2. The fourth-order valence-corrected chi connectivity index (χ4v) is 5.56. The van der Waals surface area contributed by atoms with E-state index in [1.807, 2.05) is 13.0 Å². The van der Waals surface area contributed by atoms with Gasteiger partial charge in [-0.15, -0.1) is 0 Å². The number of aliphatic hydroxyl groups is 1. The fraction of sp³-hybridized carbons (Fsp3) is 0.667. The third kappa shape index (κ3) is 1.73. The predicted octanol–water partition coefficient (Wildman–Crippen LogP) is 3.70. The van der Waals surface area contributed by atoms with Gasteiger partial charge in [0.2, 0.25) is 0 Å². The quantitative estimate of drug-likeness (QED) is 0.767. The Bertz CT molecular complexity index is 617. The van der Waals surface area contributed by atoms with Crippen LogP contribution in [0.25, 0.3) is 0 Å². The molecule has 4 heteroatoms. The first-order chi connectivity index (χ1) is 10.4. The van der Waals surface area contributed by atoms with Crippen molar-refractivity contribution in [3.8, 4) is 5.75 Å². The zero-order valence-corrected chi connectivity index (χ0v) is 12.7. The van der Waals surface area contributed by atoms with E-state index in [2.05, 4.69) is 0 Å². The summed E-state index contributed by atoms with van der Waals surface area (Å²) >= 11 is 0. The summed E-state index contributed by atoms with van der Waals surface area (Å²) in [4.78, 5) is 0. The molecule has 0 spiro atoms. The van der Waals surface area contributed by atoms with Crippen molar-refractivity contribution >= 4 is 0 Å². The first-order valence-corrected chi connectivity index (χ1v) is 8.26. The first kappa shape index (κ1) is 14.4. The Labute approximate surface area is 129 Å². The number of phenols is 1. The van der Waals surface area contributed by atoms with Gasteiger partial charge < -0.3 is 10.2 Å². The number of alkyl halides is 1. The van der Waals surface area contributed by atoms with Crippen molar-refractivity contribution in [3.05, 3.63) is 29.1 Å². The van der Waals surface area contributed by atoms with Gasteiger partial charge in [0.25, 0.3) is 0 Å². The lowest BCUT2D eigenvalue weighted by atomic mass is 9.55. The van der Waals surface area contributed by atoms with Crippen LogP contribution in [0.3, 0.4) is 0 Å². The zero-order chi connectivity index (χ0) is 15.6. The van der Waals surface area contributed by atoms with E-state index in [0.717, 1.165) is 24.8 Å². The highest BCUT2D eigenvalue weighted by atomic mass is 19.1. The third-order valence-corrected chi connectivity index (χ3v) is 6.76. The van der Waals surface area contributed by atoms with Crippen LogP contribution in [0, 0.1) is 23.1 Å². The maximum atomic E-state index is 14.2. The van der Waals surface area contributed by atoms with Gasteiger partial charge in [0.05, 0.1) is 6.10 Å². The molecule has 1 aromatic rings. The van der Waals surface area contributed by atoms with E-state index in [0.29, 0.717) is 24.3 Å². The highest BCUT2D eigenvalue weighted by Crippen LogP contribution is 2.61. The smallest absolute Gasteiger partial charge is 0.168 e. The topological polar surface area (TPSA) is 40.5 Å². The maximum Gasteiger partial charge on any atom is 0.168 e. The predicted molar refractivity (Wildman–Crippen MR) is 79.0 cm³/mol. The maximum absolute atomic E-state index is 14.2. The number of fused-ring (bicyclic) bond motifs is 5. The van der Waals surface area contributed by atoms with Gasteiger partial charge in [0.15, 0.2) is 11.6 Å². The molecule has 4 rings (SSSR count). The van der Waals surface area contributed by atoms with Gasteiger partial charge in [-0.05, 0) is 72.5 Å². The standard InChI is InChI=1S/C18H22F2O2/c1-18-7-6-10-9-4-5-15(21)16(20)12(9)3-2-11(10)13(18)8-14(19)17(18)22/h4-5,10-11,13-14,17,21-22H,2-3,6-8H2,1H3/t10-,11-,13+,14-,17+,18+/m1/s1/i19-1. The third-order valence-electron chi connectivity index (χ3n) is 6.76. The molecule has 0 radical (unpaired) electrons. The Morgan fingerprint density at radius 2 is 2.05 bits per heavy atom. The van der Waals surface area contributed by atoms with E-state index in [1.54, 1.807) is 0 Å². The molecule has 0 bridgehead atoms. The van der Waals surface area contributed by atoms with Crippen molar-refractivity contribution in [2.24, 2.45) is 17.3 Å². The Morgan fingerprint density at radius 3 is 2.82 bits per heavy atom. The van der Waals surface area contributed by atoms with Crippen molar-refractivity contribution in [1.82, 2.24) is 0 Å². The van der Waals surface area contributed by atoms with E-state index in [4.69, 9.17) is 0 Å². The average Bonchev–Trinajstić information content (AvgIpc) is 2.74. The molecular weight excluding hydrogens is 285 g/mol. The monoisotopic (exact) mass is 307 g/mol. The van der Waals surface area contributed by atoms with Crippen molar-refractivity contribution in [3.63, 3.8) is 0 Å². The minimum absolute atomic E-state index is 0.168. The Kier molecular flexibility index (Phi) is 3.06. The summed E-state index contributed by atoms with van der Waals surface area (Å²) in [5, 5.41) is 19.8. The van der Waals surface area contributed by atoms with Gasteiger partial charge in [0.1, 0.15) is 6.17 Å². The summed E-state index contributed by atoms with van der Waals surface area (Å²) in [6, 6.07) is 3.28. The van der Waals surface area contributed by atoms with Crippen LogP contribution in [0.4, 0.5) is 8.78 Å². The largest absolute Gasteiger partial charge is 0.505 e. The van der Waals surface area contributed by atoms with Crippen molar-refractivity contribution in [2.45, 2.75) is 57.2 Å². The summed E-state index contributed by atoms with van der Waals surface area (Å²) < 4.78 is 28.3. The summed E-state index contributed by atoms with van der Waals surface area (Å²) in [5.41, 5.74) is 1.29. The Hall–Kier alpha value is -1.16. The van der Waals surface area contributed by atoms with Gasteiger partial charge in [-0.3, -0.25) is 0 Å². The SMILES string of the molecule is C[C@]12CC[C@@H]3c4ccc(O)c(F)c4CC[C@H]3[C@@H]1C[C@@H]([18F])[C@@H]2O. The summed E-state index contributed by atoms with van der Waals surface area (Å²) in [6.45, 7) is 2.02. The molecule has 0 aliphatic heterocycles. The molecule has 2 nitrogen and oxygen atoms in total. The zero-order valence-electron chi connectivity index (χ0n) is 12.7. The highest BCUT2D eigenvalue weighted by Gasteiger charge is 2.58. The van der Waals surface area contributed by atoms with Crippen molar-refractivity contribution in [1.29, 1.82) is 0 Å². The summed E-state index contributed by atoms with van der Waals surface area (Å²) in [7, 11) is 0. The minimum Gasteiger partial charge on any atom is -0.505 e. The second-order valence-corrected chi connectivity index (χ2v) is 7.62. The second-order valence-electron chi connectivity index (χ2n) is 7.62. The molecule has 0 unspecified atom stereocenters. The van der Waals surface area contributed by atoms with E-state index < -0.39 is 18.1 Å². The van der Waals surface area contributed by atoms with Crippen LogP contribution in [0.2, 0.25) is 0 Å². The van der Waals surface area contributed by atoms with Crippen LogP contribution in [0.1, 0.15) is 49.7 Å². The van der Waals surface area contributed by atoms with Gasteiger partial charge >= 0.3 is 0 Å². The molecule has 2 fully saturated rings. The molecule has 2 N–H and O–H groups in total. The van der Waals surface area contributed by atoms with Gasteiger partial charge in [-0.25, -0.2) is 8.78 Å². The number of benzene rings is 1. The van der Waals surface area contributed by atoms with E-state index in [1.165, 1.54) is 6.07 Å². The lowest BCUT2D eigenvalue weighted by Gasteiger charge is -2.49. The molecule has 0 aromatic heterocycles. The molecule has 6 atom stereocenters. The van der Waals surface area contributed by atoms with Crippen LogP contribution in [0.5, 0.6) is 5.75 Å². The average molecular weight is 307 g/mol. The lowest BCUT2D eigenvalue weighted by molar-refractivity contribution is -0.0366. The van der Waals surface area contributed by atoms with Crippen LogP contribution < -0.4 is 0 Å². The van der Waals surface area contributed by atoms with Crippen LogP contribution in [-0.4, -0.2) is 22.5 Å². The first-order valence-electron chi connectivity index (χ1n) is 8.26. The number of phenolic OH excluding ortho intramolecular Hbond substituents is 1. The fourth-order valence-electron chi connectivity index (χ4n) is 5.56. The molecule has 3 aliphatic rings. The molecule has 22 heavy (non-hydrogen) atoms. The van der Waals surface area contributed by atoms with Crippen LogP contribution in [-0.2, 0) is 6.42 Å². The van der Waals surface area contributed by atoms with E-state index in [9.17, 15) is 19.0 Å². The van der Waals surface area contributed by atoms with E-state index >= 15 is 0 Å². The van der Waals surface area contributed by atoms with Crippen LogP contribution in [0.15, 0.2) is 12.1 Å². The minimum atomic E-state index is -1.13. The van der Waals surface area contributed by atoms with Gasteiger partial charge in [-0.2, -0.15) is 0 Å². The Balaban J connectivity index is 1.73. The molecule has 0 amide bonds. The molecule has 0 saturated heterocycles. The van der Waals surface area contributed by atoms with Gasteiger partial charge in [0, 0.05) is 0 Å². The number of aliphatic hydroxyl groups excluding tert-OH is 1. The van der Waals surface area contributed by atoms with Crippen molar-refractivity contribution in [2.75, 3.05) is 0 Å². The number of hydrogen-bond donors (Lipinski definition) is 2. The van der Waals surface area contributed by atoms with Gasteiger partial charge in [-0.1, -0.05) is 13.0 Å². The molecule has 3 aliphatic carbocycles. The molecule has 1 aromatic carbocycles. The normalized spacial score (nSPS) is 43.4. The number of hydrogen-bond acceptors (Lipinski definition) is 2. The second kappa shape index (κ2) is 4.67. The highest BCUT2D eigenvalue weighted by molar-refractivity contribution is 5.41. The molecule has 0 heterocycles. The Morgan fingerprint density at radius 1 is 1.27 bits per heavy atom. The number of halogens is 2. The summed E-state index contributed by atoms with van der Waals surface area (Å²) in [5.74, 6) is -0.0571. The summed E-state index contributed by atoms with van der Waals surface area (Å²) in [6.07, 6.45) is 1.48. The van der Waals surface area contributed by atoms with E-state index in [-0.39, 0.29) is 23.0 Å². The van der Waals surface area contributed by atoms with Crippen molar-refractivity contribution < 1.29 is 19.0 Å². The number of aromatic hydroxyl groups is 1. The van der Waals surface area contributed by atoms with Crippen LogP contribution >= 0.6 is 0 Å². The lowest BCUT2D eigenvalue weighted by Crippen LogP contribution is -2.44. The molecule has 120 valence electrons.